The van der Waals surface area contributed by atoms with E-state index in [1.54, 1.807) is 0 Å². The maximum atomic E-state index is 12.4. The van der Waals surface area contributed by atoms with Crippen LogP contribution in [-0.2, 0) is 11.2 Å². The average Bonchev–Trinajstić information content (AvgIpc) is 2.46. The van der Waals surface area contributed by atoms with Gasteiger partial charge in [0.15, 0.2) is 0 Å². The Hall–Kier alpha value is -2.13. The molecule has 0 unspecified atom stereocenters. The number of carbonyl (C=O) groups excluding carboxylic acids is 1. The summed E-state index contributed by atoms with van der Waals surface area (Å²) in [5.74, 6) is 0.0186. The molecule has 0 aliphatic rings. The molecule has 1 amide bonds. The van der Waals surface area contributed by atoms with Crippen LogP contribution in [0.2, 0.25) is 0 Å². The molecule has 0 heterocycles. The van der Waals surface area contributed by atoms with Crippen molar-refractivity contribution >= 4 is 11.6 Å². The Bertz CT molecular complexity index is 537. The van der Waals surface area contributed by atoms with E-state index in [2.05, 4.69) is 5.32 Å². The van der Waals surface area contributed by atoms with Crippen LogP contribution in [0.4, 0.5) is 5.69 Å². The largest absolute Gasteiger partial charge is 0.325 e. The molecule has 2 aromatic rings. The molecule has 2 rings (SSSR count). The lowest BCUT2D eigenvalue weighted by atomic mass is 10.0. The molecule has 0 bridgehead atoms. The van der Waals surface area contributed by atoms with Gasteiger partial charge in [0.2, 0.25) is 5.91 Å². The topological polar surface area (TPSA) is 32.3 Å². The number of para-hydroxylation sites is 1. The van der Waals surface area contributed by atoms with Gasteiger partial charge in [-0.05, 0) is 38.2 Å². The number of hydrogen-bond donors (Lipinski definition) is 1. The van der Waals surface area contributed by atoms with E-state index in [0.29, 0.717) is 6.42 Å². The van der Waals surface area contributed by atoms with Crippen LogP contribution in [0.1, 0.15) is 5.56 Å². The van der Waals surface area contributed by atoms with Crippen LogP contribution in [-0.4, -0.2) is 30.9 Å². The summed E-state index contributed by atoms with van der Waals surface area (Å²) in [6, 6.07) is 19.4. The van der Waals surface area contributed by atoms with Crippen LogP contribution in [0.15, 0.2) is 60.7 Å². The molecule has 0 radical (unpaired) electrons. The smallest absolute Gasteiger partial charge is 0.242 e. The second-order valence-corrected chi connectivity index (χ2v) is 5.02. The first-order valence-electron chi connectivity index (χ1n) is 6.73. The molecule has 2 aromatic carbocycles. The first kappa shape index (κ1) is 14.3. The number of carbonyl (C=O) groups is 1. The molecule has 0 aromatic heterocycles. The van der Waals surface area contributed by atoms with Gasteiger partial charge in [0.05, 0.1) is 6.04 Å². The lowest BCUT2D eigenvalue weighted by Crippen LogP contribution is -2.41. The fourth-order valence-electron chi connectivity index (χ4n) is 2.09. The number of hydrogen-bond acceptors (Lipinski definition) is 2. The van der Waals surface area contributed by atoms with E-state index < -0.39 is 0 Å². The standard InChI is InChI=1S/C17H20N2O/c1-19(2)16(13-14-9-5-3-6-10-14)17(20)18-15-11-7-4-8-12-15/h3-12,16H,13H2,1-2H3,(H,18,20)/t16-/m0/s1. The minimum atomic E-state index is -0.183. The first-order valence-corrected chi connectivity index (χ1v) is 6.73. The second kappa shape index (κ2) is 6.87. The Morgan fingerprint density at radius 1 is 1.00 bits per heavy atom. The van der Waals surface area contributed by atoms with Crippen LogP contribution in [0.5, 0.6) is 0 Å². The van der Waals surface area contributed by atoms with Gasteiger partial charge in [0.25, 0.3) is 0 Å². The van der Waals surface area contributed by atoms with Gasteiger partial charge in [0.1, 0.15) is 0 Å². The Labute approximate surface area is 120 Å². The van der Waals surface area contributed by atoms with Gasteiger partial charge >= 0.3 is 0 Å². The molecule has 0 spiro atoms. The highest BCUT2D eigenvalue weighted by atomic mass is 16.2. The zero-order valence-corrected chi connectivity index (χ0v) is 11.9. The van der Waals surface area contributed by atoms with Crippen LogP contribution in [0, 0.1) is 0 Å². The van der Waals surface area contributed by atoms with E-state index in [1.165, 1.54) is 0 Å². The van der Waals surface area contributed by atoms with Crippen LogP contribution < -0.4 is 5.32 Å². The zero-order valence-electron chi connectivity index (χ0n) is 11.9. The van der Waals surface area contributed by atoms with Crippen molar-refractivity contribution in [2.75, 3.05) is 19.4 Å². The molecule has 20 heavy (non-hydrogen) atoms. The monoisotopic (exact) mass is 268 g/mol. The number of benzene rings is 2. The van der Waals surface area contributed by atoms with Crippen molar-refractivity contribution in [2.45, 2.75) is 12.5 Å². The quantitative estimate of drug-likeness (QED) is 0.904. The third kappa shape index (κ3) is 3.93. The summed E-state index contributed by atoms with van der Waals surface area (Å²) in [5, 5.41) is 2.96. The Balaban J connectivity index is 2.07. The second-order valence-electron chi connectivity index (χ2n) is 5.02. The molecule has 104 valence electrons. The molecule has 0 saturated carbocycles. The highest BCUT2D eigenvalue weighted by Crippen LogP contribution is 2.11. The minimum Gasteiger partial charge on any atom is -0.325 e. The molecular formula is C17H20N2O. The summed E-state index contributed by atoms with van der Waals surface area (Å²) in [6.07, 6.45) is 0.701. The van der Waals surface area contributed by atoms with Crippen molar-refractivity contribution in [3.63, 3.8) is 0 Å². The zero-order chi connectivity index (χ0) is 14.4. The van der Waals surface area contributed by atoms with E-state index in [4.69, 9.17) is 0 Å². The van der Waals surface area contributed by atoms with Crippen LogP contribution in [0.25, 0.3) is 0 Å². The van der Waals surface area contributed by atoms with Crippen molar-refractivity contribution in [1.29, 1.82) is 0 Å². The molecule has 1 atom stereocenters. The lowest BCUT2D eigenvalue weighted by molar-refractivity contribution is -0.120. The fraction of sp³-hybridized carbons (Fsp3) is 0.235. The number of nitrogens with one attached hydrogen (secondary N) is 1. The van der Waals surface area contributed by atoms with Crippen LogP contribution >= 0.6 is 0 Å². The number of anilines is 1. The van der Waals surface area contributed by atoms with Gasteiger partial charge in [0, 0.05) is 5.69 Å². The summed E-state index contributed by atoms with van der Waals surface area (Å²) >= 11 is 0. The van der Waals surface area contributed by atoms with Gasteiger partial charge in [-0.2, -0.15) is 0 Å². The van der Waals surface area contributed by atoms with E-state index >= 15 is 0 Å². The molecule has 0 saturated heterocycles. The van der Waals surface area contributed by atoms with Gasteiger partial charge in [-0.25, -0.2) is 0 Å². The molecule has 0 fully saturated rings. The number of amides is 1. The first-order chi connectivity index (χ1) is 9.66. The van der Waals surface area contributed by atoms with E-state index in [0.717, 1.165) is 11.3 Å². The summed E-state index contributed by atoms with van der Waals surface area (Å²) in [4.78, 5) is 14.4. The number of likely N-dealkylation sites (N-methyl/N-ethyl adjacent to an activating group) is 1. The average molecular weight is 268 g/mol. The van der Waals surface area contributed by atoms with Crippen molar-refractivity contribution in [3.05, 3.63) is 66.2 Å². The normalized spacial score (nSPS) is 12.2. The van der Waals surface area contributed by atoms with Gasteiger partial charge in [-0.1, -0.05) is 48.5 Å². The Morgan fingerprint density at radius 2 is 1.55 bits per heavy atom. The molecule has 0 aliphatic carbocycles. The van der Waals surface area contributed by atoms with Crippen molar-refractivity contribution in [1.82, 2.24) is 4.90 Å². The number of nitrogens with zero attached hydrogens (tertiary/aromatic N) is 1. The van der Waals surface area contributed by atoms with E-state index in [1.807, 2.05) is 79.7 Å². The number of rotatable bonds is 5. The predicted molar refractivity (Wildman–Crippen MR) is 82.7 cm³/mol. The minimum absolute atomic E-state index is 0.0186. The van der Waals surface area contributed by atoms with Crippen molar-refractivity contribution < 1.29 is 4.79 Å². The summed E-state index contributed by atoms with van der Waals surface area (Å²) in [5.41, 5.74) is 1.99. The van der Waals surface area contributed by atoms with Gasteiger partial charge in [-0.15, -0.1) is 0 Å². The molecule has 3 heteroatoms. The van der Waals surface area contributed by atoms with Gasteiger partial charge in [-0.3, -0.25) is 9.69 Å². The third-order valence-electron chi connectivity index (χ3n) is 3.24. The van der Waals surface area contributed by atoms with E-state index in [9.17, 15) is 4.79 Å². The summed E-state index contributed by atoms with van der Waals surface area (Å²) in [6.45, 7) is 0. The van der Waals surface area contributed by atoms with Crippen LogP contribution in [0.3, 0.4) is 0 Å². The third-order valence-corrected chi connectivity index (χ3v) is 3.24. The highest BCUT2D eigenvalue weighted by molar-refractivity contribution is 5.94. The lowest BCUT2D eigenvalue weighted by Gasteiger charge is -2.23. The summed E-state index contributed by atoms with van der Waals surface area (Å²) < 4.78 is 0. The Kier molecular flexibility index (Phi) is 4.91. The maximum Gasteiger partial charge on any atom is 0.242 e. The molecule has 1 N–H and O–H groups in total. The van der Waals surface area contributed by atoms with Gasteiger partial charge < -0.3 is 5.32 Å². The highest BCUT2D eigenvalue weighted by Gasteiger charge is 2.21. The fourth-order valence-corrected chi connectivity index (χ4v) is 2.09. The SMILES string of the molecule is CN(C)[C@@H](Cc1ccccc1)C(=O)Nc1ccccc1. The van der Waals surface area contributed by atoms with Crippen molar-refractivity contribution in [3.8, 4) is 0 Å². The van der Waals surface area contributed by atoms with Crippen molar-refractivity contribution in [2.24, 2.45) is 0 Å². The Morgan fingerprint density at radius 3 is 2.10 bits per heavy atom. The van der Waals surface area contributed by atoms with E-state index in [-0.39, 0.29) is 11.9 Å². The predicted octanol–water partition coefficient (Wildman–Crippen LogP) is 2.80. The summed E-state index contributed by atoms with van der Waals surface area (Å²) in [7, 11) is 3.86. The maximum absolute atomic E-state index is 12.4. The molecular weight excluding hydrogens is 248 g/mol. The molecule has 3 nitrogen and oxygen atoms in total. The molecule has 0 aliphatic heterocycles.